The van der Waals surface area contributed by atoms with E-state index in [9.17, 15) is 4.39 Å². The van der Waals surface area contributed by atoms with E-state index in [1.54, 1.807) is 7.11 Å². The molecule has 1 atom stereocenters. The van der Waals surface area contributed by atoms with Crippen LogP contribution in [0, 0.1) is 11.7 Å². The molecule has 2 rings (SSSR count). The van der Waals surface area contributed by atoms with Crippen LogP contribution in [0.15, 0.2) is 16.6 Å². The van der Waals surface area contributed by atoms with Gasteiger partial charge in [0.1, 0.15) is 11.6 Å². The largest absolute Gasteiger partial charge is 0.495 e. The zero-order valence-corrected chi connectivity index (χ0v) is 11.5. The van der Waals surface area contributed by atoms with Crippen molar-refractivity contribution in [1.29, 1.82) is 0 Å². The highest BCUT2D eigenvalue weighted by atomic mass is 79.9. The van der Waals surface area contributed by atoms with E-state index >= 15 is 0 Å². The number of hydrogen-bond donors (Lipinski definition) is 1. The van der Waals surface area contributed by atoms with Gasteiger partial charge in [0.25, 0.3) is 0 Å². The highest BCUT2D eigenvalue weighted by Crippen LogP contribution is 2.31. The van der Waals surface area contributed by atoms with E-state index < -0.39 is 0 Å². The molecule has 0 radical (unpaired) electrons. The number of halogens is 2. The molecule has 1 fully saturated rings. The molecule has 0 amide bonds. The van der Waals surface area contributed by atoms with Crippen LogP contribution in [0.5, 0.6) is 5.75 Å². The van der Waals surface area contributed by atoms with Gasteiger partial charge in [0.2, 0.25) is 0 Å². The predicted molar refractivity (Wildman–Crippen MR) is 69.9 cm³/mol. The molecule has 2 nitrogen and oxygen atoms in total. The van der Waals surface area contributed by atoms with Crippen molar-refractivity contribution in [2.24, 2.45) is 5.92 Å². The molecule has 1 saturated heterocycles. The summed E-state index contributed by atoms with van der Waals surface area (Å²) in [6.45, 7) is 2.08. The van der Waals surface area contributed by atoms with Crippen LogP contribution in [-0.4, -0.2) is 20.2 Å². The van der Waals surface area contributed by atoms with Crippen molar-refractivity contribution in [3.8, 4) is 5.75 Å². The van der Waals surface area contributed by atoms with E-state index in [4.69, 9.17) is 4.74 Å². The maximum atomic E-state index is 14.1. The molecule has 4 heteroatoms. The topological polar surface area (TPSA) is 21.3 Å². The van der Waals surface area contributed by atoms with Crippen LogP contribution in [0.1, 0.15) is 18.4 Å². The number of piperidine rings is 1. The summed E-state index contributed by atoms with van der Waals surface area (Å²) >= 11 is 3.24. The van der Waals surface area contributed by atoms with Gasteiger partial charge in [-0.25, -0.2) is 4.39 Å². The van der Waals surface area contributed by atoms with Crippen molar-refractivity contribution < 1.29 is 9.13 Å². The van der Waals surface area contributed by atoms with Gasteiger partial charge < -0.3 is 10.1 Å². The number of ether oxygens (including phenoxy) is 1. The van der Waals surface area contributed by atoms with E-state index in [2.05, 4.69) is 21.2 Å². The first-order valence-corrected chi connectivity index (χ1v) is 6.73. The van der Waals surface area contributed by atoms with Gasteiger partial charge in [0, 0.05) is 0 Å². The minimum atomic E-state index is -0.185. The van der Waals surface area contributed by atoms with Crippen molar-refractivity contribution >= 4 is 15.9 Å². The minimum Gasteiger partial charge on any atom is -0.495 e. The molecule has 94 valence electrons. The Morgan fingerprint density at radius 2 is 2.35 bits per heavy atom. The summed E-state index contributed by atoms with van der Waals surface area (Å²) in [5, 5.41) is 3.35. The summed E-state index contributed by atoms with van der Waals surface area (Å²) in [6, 6.07) is 3.65. The Morgan fingerprint density at radius 1 is 1.53 bits per heavy atom. The molecule has 0 spiro atoms. The molecular formula is C13H17BrFNO. The first-order chi connectivity index (χ1) is 8.22. The lowest BCUT2D eigenvalue weighted by molar-refractivity contribution is 0.370. The quantitative estimate of drug-likeness (QED) is 0.926. The second-order valence-corrected chi connectivity index (χ2v) is 5.26. The van der Waals surface area contributed by atoms with Gasteiger partial charge in [-0.15, -0.1) is 0 Å². The SMILES string of the molecule is COc1ccc(CC2CCCNC2)c(F)c1Br. The lowest BCUT2D eigenvalue weighted by Gasteiger charge is -2.23. The van der Waals surface area contributed by atoms with E-state index in [-0.39, 0.29) is 5.82 Å². The Balaban J connectivity index is 2.12. The highest BCUT2D eigenvalue weighted by molar-refractivity contribution is 9.10. The third-order valence-corrected chi connectivity index (χ3v) is 3.99. The van der Waals surface area contributed by atoms with Crippen LogP contribution in [0.4, 0.5) is 4.39 Å². The fourth-order valence-electron chi connectivity index (χ4n) is 2.30. The Morgan fingerprint density at radius 3 is 3.00 bits per heavy atom. The maximum Gasteiger partial charge on any atom is 0.144 e. The highest BCUT2D eigenvalue weighted by Gasteiger charge is 2.18. The second-order valence-electron chi connectivity index (χ2n) is 4.47. The number of methoxy groups -OCH3 is 1. The molecule has 1 aromatic rings. The molecule has 1 aliphatic heterocycles. The third kappa shape index (κ3) is 2.99. The van der Waals surface area contributed by atoms with E-state index in [0.717, 1.165) is 25.1 Å². The van der Waals surface area contributed by atoms with Gasteiger partial charge in [-0.2, -0.15) is 0 Å². The monoisotopic (exact) mass is 301 g/mol. The molecule has 0 aliphatic carbocycles. The average molecular weight is 302 g/mol. The van der Waals surface area contributed by atoms with Gasteiger partial charge >= 0.3 is 0 Å². The Kier molecular flexibility index (Phi) is 4.40. The number of hydrogen-bond acceptors (Lipinski definition) is 2. The van der Waals surface area contributed by atoms with Crippen LogP contribution >= 0.6 is 15.9 Å². The Labute approximate surface area is 110 Å². The lowest BCUT2D eigenvalue weighted by Crippen LogP contribution is -2.31. The average Bonchev–Trinajstić information content (AvgIpc) is 2.37. The lowest BCUT2D eigenvalue weighted by atomic mass is 9.92. The molecule has 1 aromatic carbocycles. The second kappa shape index (κ2) is 5.83. The Bertz CT molecular complexity index is 391. The molecule has 1 unspecified atom stereocenters. The van der Waals surface area contributed by atoms with Crippen LogP contribution in [0.2, 0.25) is 0 Å². The van der Waals surface area contributed by atoms with Gasteiger partial charge in [-0.3, -0.25) is 0 Å². The van der Waals surface area contributed by atoms with Gasteiger partial charge in [-0.05, 0) is 65.8 Å². The summed E-state index contributed by atoms with van der Waals surface area (Å²) in [7, 11) is 1.55. The van der Waals surface area contributed by atoms with Crippen LogP contribution in [-0.2, 0) is 6.42 Å². The van der Waals surface area contributed by atoms with Crippen molar-refractivity contribution in [3.05, 3.63) is 28.0 Å². The summed E-state index contributed by atoms with van der Waals surface area (Å²) in [5.74, 6) is 0.904. The standard InChI is InChI=1S/C13H17BrFNO/c1-17-11-5-4-10(13(15)12(11)14)7-9-3-2-6-16-8-9/h4-5,9,16H,2-3,6-8H2,1H3. The summed E-state index contributed by atoms with van der Waals surface area (Å²) in [4.78, 5) is 0. The minimum absolute atomic E-state index is 0.185. The van der Waals surface area contributed by atoms with Crippen LogP contribution in [0.3, 0.4) is 0 Å². The molecule has 1 N–H and O–H groups in total. The first kappa shape index (κ1) is 12.8. The van der Waals surface area contributed by atoms with E-state index in [1.807, 2.05) is 12.1 Å². The smallest absolute Gasteiger partial charge is 0.144 e. The Hall–Kier alpha value is -0.610. The van der Waals surface area contributed by atoms with Gasteiger partial charge in [-0.1, -0.05) is 6.07 Å². The molecule has 0 bridgehead atoms. The van der Waals surface area contributed by atoms with Gasteiger partial charge in [0.05, 0.1) is 11.6 Å². The molecule has 17 heavy (non-hydrogen) atoms. The fourth-order valence-corrected chi connectivity index (χ4v) is 2.84. The molecule has 0 aromatic heterocycles. The van der Waals surface area contributed by atoms with Gasteiger partial charge in [0.15, 0.2) is 0 Å². The van der Waals surface area contributed by atoms with Crippen molar-refractivity contribution in [3.63, 3.8) is 0 Å². The molecular weight excluding hydrogens is 285 g/mol. The molecule has 1 heterocycles. The summed E-state index contributed by atoms with van der Waals surface area (Å²) < 4.78 is 19.6. The van der Waals surface area contributed by atoms with Crippen LogP contribution in [0.25, 0.3) is 0 Å². The van der Waals surface area contributed by atoms with Crippen molar-refractivity contribution in [2.75, 3.05) is 20.2 Å². The predicted octanol–water partition coefficient (Wildman–Crippen LogP) is 3.14. The third-order valence-electron chi connectivity index (χ3n) is 3.25. The zero-order chi connectivity index (χ0) is 12.3. The van der Waals surface area contributed by atoms with E-state index in [0.29, 0.717) is 16.1 Å². The summed E-state index contributed by atoms with van der Waals surface area (Å²) in [6.07, 6.45) is 3.15. The number of nitrogens with one attached hydrogen (secondary N) is 1. The summed E-state index contributed by atoms with van der Waals surface area (Å²) in [5.41, 5.74) is 0.770. The fraction of sp³-hybridized carbons (Fsp3) is 0.538. The molecule has 0 saturated carbocycles. The van der Waals surface area contributed by atoms with Crippen molar-refractivity contribution in [1.82, 2.24) is 5.32 Å². The number of rotatable bonds is 3. The molecule has 1 aliphatic rings. The normalized spacial score (nSPS) is 20.3. The van der Waals surface area contributed by atoms with Crippen molar-refractivity contribution in [2.45, 2.75) is 19.3 Å². The number of benzene rings is 1. The maximum absolute atomic E-state index is 14.1. The van der Waals surface area contributed by atoms with E-state index in [1.165, 1.54) is 12.8 Å². The van der Waals surface area contributed by atoms with Crippen LogP contribution < -0.4 is 10.1 Å². The first-order valence-electron chi connectivity index (χ1n) is 5.94. The zero-order valence-electron chi connectivity index (χ0n) is 9.93.